The number of rotatable bonds is 9. The van der Waals surface area contributed by atoms with Gasteiger partial charge >= 0.3 is 5.97 Å². The normalized spacial score (nSPS) is 12.2. The summed E-state index contributed by atoms with van der Waals surface area (Å²) in [5.74, 6) is -1.69. The Labute approximate surface area is 217 Å². The maximum atomic E-state index is 13.3. The molecule has 0 spiro atoms. The zero-order chi connectivity index (χ0) is 26.5. The molecule has 0 bridgehead atoms. The van der Waals surface area contributed by atoms with Gasteiger partial charge in [0.1, 0.15) is 17.1 Å². The molecule has 188 valence electrons. The van der Waals surface area contributed by atoms with Crippen molar-refractivity contribution in [3.8, 4) is 11.5 Å². The predicted molar refractivity (Wildman–Crippen MR) is 135 cm³/mol. The zero-order valence-electron chi connectivity index (χ0n) is 19.6. The Kier molecular flexibility index (Phi) is 8.39. The number of benzene rings is 2. The van der Waals surface area contributed by atoms with Gasteiger partial charge in [0.25, 0.3) is 11.8 Å². The lowest BCUT2D eigenvalue weighted by Gasteiger charge is -2.30. The number of aromatic nitrogens is 1. The van der Waals surface area contributed by atoms with E-state index in [0.29, 0.717) is 11.3 Å². The first-order valence-electron chi connectivity index (χ1n) is 10.6. The molecule has 3 rings (SSSR count). The average molecular weight is 532 g/mol. The van der Waals surface area contributed by atoms with Crippen molar-refractivity contribution in [3.63, 3.8) is 0 Å². The molecular formula is C25H23Cl2N3O6. The summed E-state index contributed by atoms with van der Waals surface area (Å²) in [5, 5.41) is 15.2. The Morgan fingerprint density at radius 3 is 1.97 bits per heavy atom. The molecular weight excluding hydrogens is 509 g/mol. The van der Waals surface area contributed by atoms with Gasteiger partial charge in [0.15, 0.2) is 0 Å². The van der Waals surface area contributed by atoms with Gasteiger partial charge in [-0.05, 0) is 36.8 Å². The molecule has 0 radical (unpaired) electrons. The summed E-state index contributed by atoms with van der Waals surface area (Å²) in [5.41, 5.74) is -0.205. The number of ether oxygens (including phenoxy) is 2. The van der Waals surface area contributed by atoms with Gasteiger partial charge in [0, 0.05) is 18.1 Å². The topological polar surface area (TPSA) is 127 Å². The quantitative estimate of drug-likeness (QED) is 0.362. The van der Waals surface area contributed by atoms with Crippen LogP contribution in [0.1, 0.15) is 39.6 Å². The minimum atomic E-state index is -1.31. The number of nitrogens with zero attached hydrogens (tertiary/aromatic N) is 1. The van der Waals surface area contributed by atoms with Gasteiger partial charge in [-0.1, -0.05) is 41.4 Å². The number of carboxylic acid groups (broad SMARTS) is 1. The molecule has 0 fully saturated rings. The Balaban J connectivity index is 1.89. The zero-order valence-corrected chi connectivity index (χ0v) is 21.1. The number of carbonyl (C=O) groups is 3. The lowest BCUT2D eigenvalue weighted by Crippen LogP contribution is -2.45. The van der Waals surface area contributed by atoms with Gasteiger partial charge in [0.2, 0.25) is 0 Å². The molecule has 2 aromatic carbocycles. The second kappa shape index (κ2) is 11.3. The number of amides is 2. The molecule has 9 nitrogen and oxygen atoms in total. The molecule has 11 heteroatoms. The lowest BCUT2D eigenvalue weighted by atomic mass is 9.88. The van der Waals surface area contributed by atoms with Crippen LogP contribution in [0.2, 0.25) is 10.0 Å². The van der Waals surface area contributed by atoms with Crippen molar-refractivity contribution >= 4 is 46.7 Å². The summed E-state index contributed by atoms with van der Waals surface area (Å²) in [6, 6.07) is 11.2. The van der Waals surface area contributed by atoms with Crippen LogP contribution >= 0.6 is 23.2 Å². The van der Waals surface area contributed by atoms with Crippen molar-refractivity contribution in [1.82, 2.24) is 10.3 Å². The summed E-state index contributed by atoms with van der Waals surface area (Å²) < 4.78 is 10.6. The minimum absolute atomic E-state index is 0.0751. The second-order valence-electron chi connectivity index (χ2n) is 7.90. The second-order valence-corrected chi connectivity index (χ2v) is 8.72. The molecule has 1 atom stereocenters. The molecule has 0 saturated heterocycles. The van der Waals surface area contributed by atoms with Gasteiger partial charge in [-0.3, -0.25) is 19.4 Å². The molecule has 3 aromatic rings. The Morgan fingerprint density at radius 2 is 1.47 bits per heavy atom. The summed E-state index contributed by atoms with van der Waals surface area (Å²) in [4.78, 5) is 41.4. The molecule has 1 heterocycles. The highest BCUT2D eigenvalue weighted by Crippen LogP contribution is 2.32. The van der Waals surface area contributed by atoms with Gasteiger partial charge in [0.05, 0.1) is 41.8 Å². The molecule has 2 amide bonds. The van der Waals surface area contributed by atoms with Crippen LogP contribution in [0.5, 0.6) is 11.5 Å². The first-order chi connectivity index (χ1) is 17.1. The van der Waals surface area contributed by atoms with Gasteiger partial charge in [-0.2, -0.15) is 0 Å². The van der Waals surface area contributed by atoms with Crippen molar-refractivity contribution in [2.75, 3.05) is 19.5 Å². The standard InChI is InChI=1S/C25H23Cl2N3O6/c1-25(11-20(31)32,30-24(34)22-18(35-2)5-4-6-19(22)36-3)14-7-9-15(10-8-14)29-23(33)21-16(26)12-28-13-17(21)27/h4-10,12-13H,11H2,1-3H3,(H,29,33)(H,30,34)(H,31,32). The molecule has 0 aliphatic rings. The van der Waals surface area contributed by atoms with Crippen molar-refractivity contribution < 1.29 is 29.0 Å². The molecule has 36 heavy (non-hydrogen) atoms. The van der Waals surface area contributed by atoms with Crippen molar-refractivity contribution in [1.29, 1.82) is 0 Å². The SMILES string of the molecule is COc1cccc(OC)c1C(=O)NC(C)(CC(=O)O)c1ccc(NC(=O)c2c(Cl)cncc2Cl)cc1. The van der Waals surface area contributed by atoms with Crippen LogP contribution in [0.15, 0.2) is 54.9 Å². The summed E-state index contributed by atoms with van der Waals surface area (Å²) >= 11 is 12.1. The smallest absolute Gasteiger partial charge is 0.306 e. The van der Waals surface area contributed by atoms with Crippen LogP contribution in [-0.2, 0) is 10.3 Å². The van der Waals surface area contributed by atoms with Crippen LogP contribution in [-0.4, -0.2) is 42.1 Å². The number of hydrogen-bond acceptors (Lipinski definition) is 6. The van der Waals surface area contributed by atoms with E-state index in [1.54, 1.807) is 49.4 Å². The summed E-state index contributed by atoms with van der Waals surface area (Å²) in [7, 11) is 2.84. The van der Waals surface area contributed by atoms with Crippen molar-refractivity contribution in [2.45, 2.75) is 18.9 Å². The average Bonchev–Trinajstić information content (AvgIpc) is 2.83. The summed E-state index contributed by atoms with van der Waals surface area (Å²) in [6.07, 6.45) is 2.20. The lowest BCUT2D eigenvalue weighted by molar-refractivity contribution is -0.138. The van der Waals surface area contributed by atoms with E-state index < -0.39 is 29.7 Å². The highest BCUT2D eigenvalue weighted by molar-refractivity contribution is 6.40. The molecule has 0 aliphatic carbocycles. The van der Waals surface area contributed by atoms with E-state index in [1.807, 2.05) is 0 Å². The first-order valence-corrected chi connectivity index (χ1v) is 11.3. The molecule has 1 aromatic heterocycles. The van der Waals surface area contributed by atoms with E-state index in [-0.39, 0.29) is 32.7 Å². The first kappa shape index (κ1) is 26.8. The molecule has 3 N–H and O–H groups in total. The maximum absolute atomic E-state index is 13.3. The number of pyridine rings is 1. The van der Waals surface area contributed by atoms with Gasteiger partial charge < -0.3 is 25.2 Å². The fourth-order valence-corrected chi connectivity index (χ4v) is 4.19. The number of halogens is 2. The fourth-order valence-electron chi connectivity index (χ4n) is 3.65. The van der Waals surface area contributed by atoms with Crippen LogP contribution in [0.3, 0.4) is 0 Å². The molecule has 1 unspecified atom stereocenters. The van der Waals surface area contributed by atoms with Crippen molar-refractivity contribution in [2.24, 2.45) is 0 Å². The number of carbonyl (C=O) groups excluding carboxylic acids is 2. The number of carboxylic acids is 1. The van der Waals surface area contributed by atoms with E-state index in [1.165, 1.54) is 26.6 Å². The maximum Gasteiger partial charge on any atom is 0.306 e. The largest absolute Gasteiger partial charge is 0.496 e. The third kappa shape index (κ3) is 5.87. The van der Waals surface area contributed by atoms with E-state index in [0.717, 1.165) is 0 Å². The molecule has 0 aliphatic heterocycles. The Morgan fingerprint density at radius 1 is 0.917 bits per heavy atom. The van der Waals surface area contributed by atoms with E-state index >= 15 is 0 Å². The fraction of sp³-hybridized carbons (Fsp3) is 0.200. The van der Waals surface area contributed by atoms with Crippen LogP contribution in [0.25, 0.3) is 0 Å². The van der Waals surface area contributed by atoms with Crippen LogP contribution in [0, 0.1) is 0 Å². The van der Waals surface area contributed by atoms with E-state index in [2.05, 4.69) is 15.6 Å². The minimum Gasteiger partial charge on any atom is -0.496 e. The van der Waals surface area contributed by atoms with Gasteiger partial charge in [-0.25, -0.2) is 0 Å². The number of hydrogen-bond donors (Lipinski definition) is 3. The van der Waals surface area contributed by atoms with Gasteiger partial charge in [-0.15, -0.1) is 0 Å². The van der Waals surface area contributed by atoms with Crippen LogP contribution in [0.4, 0.5) is 5.69 Å². The monoisotopic (exact) mass is 531 g/mol. The third-order valence-corrected chi connectivity index (χ3v) is 5.98. The number of aliphatic carboxylic acids is 1. The highest BCUT2D eigenvalue weighted by atomic mass is 35.5. The predicted octanol–water partition coefficient (Wildman–Crippen LogP) is 4.78. The number of nitrogens with one attached hydrogen (secondary N) is 2. The van der Waals surface area contributed by atoms with E-state index in [9.17, 15) is 19.5 Å². The van der Waals surface area contributed by atoms with E-state index in [4.69, 9.17) is 32.7 Å². The summed E-state index contributed by atoms with van der Waals surface area (Å²) in [6.45, 7) is 1.59. The third-order valence-electron chi connectivity index (χ3n) is 5.41. The van der Waals surface area contributed by atoms with Crippen LogP contribution < -0.4 is 20.1 Å². The Bertz CT molecular complexity index is 1260. The Hall–Kier alpha value is -3.82. The number of anilines is 1. The van der Waals surface area contributed by atoms with Crippen molar-refractivity contribution in [3.05, 3.63) is 81.6 Å². The number of methoxy groups -OCH3 is 2. The molecule has 0 saturated carbocycles. The highest BCUT2D eigenvalue weighted by Gasteiger charge is 2.33.